The number of anilines is 2. The smallest absolute Gasteiger partial charge is 0.242 e. The molecule has 0 aliphatic heterocycles. The van der Waals surface area contributed by atoms with E-state index >= 15 is 0 Å². The van der Waals surface area contributed by atoms with E-state index in [1.54, 1.807) is 33.7 Å². The summed E-state index contributed by atoms with van der Waals surface area (Å²) in [4.78, 5) is 40.2. The van der Waals surface area contributed by atoms with Crippen molar-refractivity contribution in [1.29, 1.82) is 0 Å². The zero-order chi connectivity index (χ0) is 20.6. The van der Waals surface area contributed by atoms with Crippen molar-refractivity contribution in [3.63, 3.8) is 0 Å². The Hall–Kier alpha value is -2.09. The number of aromatic nitrogens is 2. The average molecular weight is 399 g/mol. The number of hydrogen-bond acceptors (Lipinski definition) is 6. The molecule has 0 aromatic carbocycles. The normalized spacial score (nSPS) is 10.5. The van der Waals surface area contributed by atoms with Gasteiger partial charge in [-0.2, -0.15) is 4.98 Å². The van der Waals surface area contributed by atoms with Gasteiger partial charge in [0, 0.05) is 40.3 Å². The van der Waals surface area contributed by atoms with Crippen molar-refractivity contribution < 1.29 is 9.59 Å². The zero-order valence-electron chi connectivity index (χ0n) is 17.2. The maximum atomic E-state index is 12.3. The number of likely N-dealkylation sites (N-methyl/N-ethyl adjacent to an activating group) is 4. The minimum absolute atomic E-state index is 0.00351. The highest BCUT2D eigenvalue weighted by Crippen LogP contribution is 2.23. The maximum Gasteiger partial charge on any atom is 0.242 e. The molecule has 0 bridgehead atoms. The Balaban J connectivity index is 2.92. The van der Waals surface area contributed by atoms with Crippen LogP contribution in [0.1, 0.15) is 27.7 Å². The molecule has 27 heavy (non-hydrogen) atoms. The van der Waals surface area contributed by atoms with Gasteiger partial charge in [-0.25, -0.2) is 4.98 Å². The van der Waals surface area contributed by atoms with Crippen LogP contribution in [0.2, 0.25) is 5.02 Å². The summed E-state index contributed by atoms with van der Waals surface area (Å²) in [5, 5.41) is 0.358. The molecule has 0 radical (unpaired) electrons. The first-order valence-corrected chi connectivity index (χ1v) is 9.66. The highest BCUT2D eigenvalue weighted by atomic mass is 35.5. The highest BCUT2D eigenvalue weighted by molar-refractivity contribution is 6.32. The van der Waals surface area contributed by atoms with Crippen LogP contribution < -0.4 is 9.80 Å². The van der Waals surface area contributed by atoms with Gasteiger partial charge in [-0.1, -0.05) is 11.6 Å². The summed E-state index contributed by atoms with van der Waals surface area (Å²) in [5.74, 6) is 0.859. The molecule has 0 saturated heterocycles. The minimum Gasteiger partial charge on any atom is -0.349 e. The van der Waals surface area contributed by atoms with Gasteiger partial charge in [0.15, 0.2) is 5.82 Å². The lowest BCUT2D eigenvalue weighted by Crippen LogP contribution is -2.40. The first-order valence-electron chi connectivity index (χ1n) is 9.29. The molecule has 1 aromatic rings. The van der Waals surface area contributed by atoms with Crippen LogP contribution in [0.5, 0.6) is 0 Å². The van der Waals surface area contributed by atoms with Crippen molar-refractivity contribution in [3.05, 3.63) is 11.2 Å². The molecule has 0 aliphatic rings. The van der Waals surface area contributed by atoms with Crippen molar-refractivity contribution in [1.82, 2.24) is 19.8 Å². The van der Waals surface area contributed by atoms with Gasteiger partial charge in [0.05, 0.1) is 19.3 Å². The summed E-state index contributed by atoms with van der Waals surface area (Å²) in [6.45, 7) is 10.7. The van der Waals surface area contributed by atoms with Crippen molar-refractivity contribution in [2.24, 2.45) is 0 Å². The minimum atomic E-state index is 0.00351. The number of halogens is 1. The van der Waals surface area contributed by atoms with Crippen LogP contribution in [0.15, 0.2) is 6.20 Å². The van der Waals surface area contributed by atoms with Crippen LogP contribution in [-0.2, 0) is 9.59 Å². The van der Waals surface area contributed by atoms with E-state index in [2.05, 4.69) is 9.97 Å². The molecule has 9 heteroatoms. The van der Waals surface area contributed by atoms with Crippen LogP contribution >= 0.6 is 11.6 Å². The van der Waals surface area contributed by atoms with Crippen molar-refractivity contribution in [3.8, 4) is 0 Å². The maximum absolute atomic E-state index is 12.3. The third-order valence-corrected chi connectivity index (χ3v) is 4.66. The molecule has 1 rings (SSSR count). The molecule has 0 aliphatic carbocycles. The molecule has 2 amide bonds. The molecule has 0 N–H and O–H groups in total. The van der Waals surface area contributed by atoms with E-state index in [4.69, 9.17) is 11.6 Å². The predicted molar refractivity (Wildman–Crippen MR) is 109 cm³/mol. The second-order valence-corrected chi connectivity index (χ2v) is 6.59. The second-order valence-electron chi connectivity index (χ2n) is 6.19. The molecular formula is C18H31ClN6O2. The van der Waals surface area contributed by atoms with E-state index in [0.717, 1.165) is 0 Å². The summed E-state index contributed by atoms with van der Waals surface area (Å²) >= 11 is 6.24. The number of carbonyl (C=O) groups excluding carboxylic acids is 2. The molecule has 1 heterocycles. The van der Waals surface area contributed by atoms with Gasteiger partial charge in [0.2, 0.25) is 17.8 Å². The van der Waals surface area contributed by atoms with Gasteiger partial charge < -0.3 is 19.6 Å². The molecule has 152 valence electrons. The van der Waals surface area contributed by atoms with Gasteiger partial charge in [0.1, 0.15) is 5.02 Å². The average Bonchev–Trinajstić information content (AvgIpc) is 2.63. The van der Waals surface area contributed by atoms with Crippen LogP contribution in [0, 0.1) is 0 Å². The van der Waals surface area contributed by atoms with Crippen molar-refractivity contribution in [2.45, 2.75) is 27.7 Å². The molecule has 0 fully saturated rings. The Morgan fingerprint density at radius 1 is 0.889 bits per heavy atom. The quantitative estimate of drug-likeness (QED) is 0.597. The van der Waals surface area contributed by atoms with Gasteiger partial charge in [-0.3, -0.25) is 9.59 Å². The fraction of sp³-hybridized carbons (Fsp3) is 0.667. The van der Waals surface area contributed by atoms with Crippen LogP contribution in [0.25, 0.3) is 0 Å². The lowest BCUT2D eigenvalue weighted by Gasteiger charge is -2.26. The molecular weight excluding hydrogens is 368 g/mol. The summed E-state index contributed by atoms with van der Waals surface area (Å²) in [6.07, 6.45) is 1.50. The van der Waals surface area contributed by atoms with Crippen molar-refractivity contribution >= 4 is 35.2 Å². The van der Waals surface area contributed by atoms with E-state index in [-0.39, 0.29) is 24.9 Å². The third-order valence-electron chi connectivity index (χ3n) is 4.39. The van der Waals surface area contributed by atoms with Gasteiger partial charge in [0.25, 0.3) is 0 Å². The van der Waals surface area contributed by atoms with E-state index in [1.807, 2.05) is 27.7 Å². The number of nitrogens with zero attached hydrogens (tertiary/aromatic N) is 6. The number of hydrogen-bond donors (Lipinski definition) is 0. The summed E-state index contributed by atoms with van der Waals surface area (Å²) in [6, 6.07) is 0. The van der Waals surface area contributed by atoms with Gasteiger partial charge in [-0.05, 0) is 27.7 Å². The highest BCUT2D eigenvalue weighted by Gasteiger charge is 2.19. The third kappa shape index (κ3) is 6.23. The number of rotatable bonds is 10. The van der Waals surface area contributed by atoms with Gasteiger partial charge in [-0.15, -0.1) is 0 Å². The Kier molecular flexibility index (Phi) is 9.28. The first kappa shape index (κ1) is 23.0. The van der Waals surface area contributed by atoms with E-state index < -0.39 is 0 Å². The SMILES string of the molecule is CCN(CC)C(=O)CN(C)c1ncc(Cl)c(N(C)CC(=O)N(CC)CC)n1. The summed E-state index contributed by atoms with van der Waals surface area (Å²) < 4.78 is 0. The zero-order valence-corrected chi connectivity index (χ0v) is 18.0. The second kappa shape index (κ2) is 10.9. The van der Waals surface area contributed by atoms with Crippen molar-refractivity contribution in [2.75, 3.05) is 63.2 Å². The monoisotopic (exact) mass is 398 g/mol. The Morgan fingerprint density at radius 2 is 1.33 bits per heavy atom. The van der Waals surface area contributed by atoms with E-state index in [9.17, 15) is 9.59 Å². The molecule has 1 aromatic heterocycles. The molecule has 0 atom stereocenters. The lowest BCUT2D eigenvalue weighted by atomic mass is 10.4. The van der Waals surface area contributed by atoms with E-state index in [0.29, 0.717) is 43.0 Å². The summed E-state index contributed by atoms with van der Waals surface area (Å²) in [7, 11) is 3.52. The van der Waals surface area contributed by atoms with Crippen LogP contribution in [0.3, 0.4) is 0 Å². The van der Waals surface area contributed by atoms with Crippen LogP contribution in [0.4, 0.5) is 11.8 Å². The standard InChI is InChI=1S/C18H31ClN6O2/c1-7-24(8-2)15(26)12-22(5)17-14(19)11-20-18(21-17)23(6)13-16(27)25(9-3)10-4/h11H,7-10,12-13H2,1-6H3. The molecule has 0 saturated carbocycles. The number of carbonyl (C=O) groups is 2. The molecule has 0 unspecified atom stereocenters. The fourth-order valence-corrected chi connectivity index (χ4v) is 2.94. The van der Waals surface area contributed by atoms with Crippen LogP contribution in [-0.4, -0.2) is 84.9 Å². The fourth-order valence-electron chi connectivity index (χ4n) is 2.70. The predicted octanol–water partition coefficient (Wildman–Crippen LogP) is 1.74. The Morgan fingerprint density at radius 3 is 1.78 bits per heavy atom. The lowest BCUT2D eigenvalue weighted by molar-refractivity contribution is -0.130. The first-order chi connectivity index (χ1) is 12.8. The van der Waals surface area contributed by atoms with E-state index in [1.165, 1.54) is 6.20 Å². The van der Waals surface area contributed by atoms with Gasteiger partial charge >= 0.3 is 0 Å². The number of amides is 2. The summed E-state index contributed by atoms with van der Waals surface area (Å²) in [5.41, 5.74) is 0. The molecule has 8 nitrogen and oxygen atoms in total. The largest absolute Gasteiger partial charge is 0.349 e. The Labute approximate surface area is 167 Å². The topological polar surface area (TPSA) is 72.9 Å². The Bertz CT molecular complexity index is 634. The molecule has 0 spiro atoms.